The number of nitrogens with zero attached hydrogens (tertiary/aromatic N) is 4. The Balaban J connectivity index is 1.52. The molecule has 0 unspecified atom stereocenters. The van der Waals surface area contributed by atoms with E-state index in [2.05, 4.69) is 51.3 Å². The Morgan fingerprint density at radius 3 is 2.58 bits per heavy atom. The van der Waals surface area contributed by atoms with Gasteiger partial charge >= 0.3 is 0 Å². The quantitative estimate of drug-likeness (QED) is 0.587. The number of benzene rings is 1. The van der Waals surface area contributed by atoms with E-state index >= 15 is 0 Å². The maximum Gasteiger partial charge on any atom is 0.269 e. The average molecular weight is 421 g/mol. The summed E-state index contributed by atoms with van der Waals surface area (Å²) < 4.78 is 1.60. The van der Waals surface area contributed by atoms with Crippen LogP contribution >= 0.6 is 0 Å². The van der Waals surface area contributed by atoms with Crippen LogP contribution in [0.2, 0.25) is 0 Å². The van der Waals surface area contributed by atoms with E-state index in [1.54, 1.807) is 30.1 Å². The van der Waals surface area contributed by atoms with Gasteiger partial charge in [0.25, 0.3) is 5.91 Å². The molecule has 2 atom stereocenters. The summed E-state index contributed by atoms with van der Waals surface area (Å²) in [7, 11) is 1.77. The summed E-state index contributed by atoms with van der Waals surface area (Å²) in [5.41, 5.74) is 9.27. The zero-order valence-corrected chi connectivity index (χ0v) is 18.4. The lowest BCUT2D eigenvalue weighted by Gasteiger charge is -2.26. The van der Waals surface area contributed by atoms with Crippen LogP contribution in [-0.2, 0) is 7.05 Å². The van der Waals surface area contributed by atoms with Gasteiger partial charge in [0.05, 0.1) is 11.7 Å². The monoisotopic (exact) mass is 420 g/mol. The number of amides is 1. The number of hydrogen-bond donors (Lipinski definition) is 3. The predicted octanol–water partition coefficient (Wildman–Crippen LogP) is 2.52. The SMILES string of the molecule is Cc1cc(C)cc(Nc2nccc(-c3cc(C(=O)N[C@H]4CCCC[C@H]4[NH3+])n(C)n3)n2)c1. The summed E-state index contributed by atoms with van der Waals surface area (Å²) in [6, 6.07) is 10.2. The number of aryl methyl sites for hydroxylation is 3. The van der Waals surface area contributed by atoms with Crippen LogP contribution in [0.4, 0.5) is 11.6 Å². The van der Waals surface area contributed by atoms with E-state index in [0.717, 1.165) is 24.9 Å². The molecule has 4 rings (SSSR count). The van der Waals surface area contributed by atoms with Gasteiger partial charge in [0.1, 0.15) is 17.4 Å². The van der Waals surface area contributed by atoms with Gasteiger partial charge in [-0.2, -0.15) is 5.10 Å². The molecule has 1 amide bonds. The van der Waals surface area contributed by atoms with Crippen molar-refractivity contribution in [2.75, 3.05) is 5.32 Å². The Morgan fingerprint density at radius 1 is 1.10 bits per heavy atom. The number of aromatic nitrogens is 4. The molecular weight excluding hydrogens is 390 g/mol. The van der Waals surface area contributed by atoms with Crippen molar-refractivity contribution in [1.82, 2.24) is 25.1 Å². The third kappa shape index (κ3) is 4.91. The second kappa shape index (κ2) is 8.85. The number of carbonyl (C=O) groups is 1. The lowest BCUT2D eigenvalue weighted by Crippen LogP contribution is -2.70. The predicted molar refractivity (Wildman–Crippen MR) is 120 cm³/mol. The Kier molecular flexibility index (Phi) is 5.99. The highest BCUT2D eigenvalue weighted by molar-refractivity contribution is 5.93. The van der Waals surface area contributed by atoms with Crippen molar-refractivity contribution in [3.05, 3.63) is 53.3 Å². The van der Waals surface area contributed by atoms with Crippen molar-refractivity contribution in [3.8, 4) is 11.4 Å². The molecule has 8 heteroatoms. The van der Waals surface area contributed by atoms with E-state index in [4.69, 9.17) is 0 Å². The number of nitrogens with one attached hydrogen (secondary N) is 2. The molecule has 0 spiro atoms. The highest BCUT2D eigenvalue weighted by Gasteiger charge is 2.27. The molecule has 8 nitrogen and oxygen atoms in total. The minimum absolute atomic E-state index is 0.118. The van der Waals surface area contributed by atoms with Crippen molar-refractivity contribution in [1.29, 1.82) is 0 Å². The Hall–Kier alpha value is -3.26. The fraction of sp³-hybridized carbons (Fsp3) is 0.391. The maximum atomic E-state index is 12.9. The minimum atomic E-state index is -0.121. The first-order valence-electron chi connectivity index (χ1n) is 10.8. The molecule has 0 radical (unpaired) electrons. The van der Waals surface area contributed by atoms with E-state index in [9.17, 15) is 4.79 Å². The van der Waals surface area contributed by atoms with Crippen molar-refractivity contribution in [3.63, 3.8) is 0 Å². The van der Waals surface area contributed by atoms with Crippen LogP contribution in [0, 0.1) is 13.8 Å². The lowest BCUT2D eigenvalue weighted by atomic mass is 9.91. The number of quaternary nitrogens is 1. The second-order valence-corrected chi connectivity index (χ2v) is 8.43. The molecule has 1 aliphatic rings. The Labute approximate surface area is 182 Å². The molecule has 1 aromatic carbocycles. The van der Waals surface area contributed by atoms with E-state index in [0.29, 0.717) is 23.0 Å². The van der Waals surface area contributed by atoms with Crippen molar-refractivity contribution < 1.29 is 10.5 Å². The van der Waals surface area contributed by atoms with Gasteiger partial charge in [0.15, 0.2) is 0 Å². The molecule has 0 aliphatic heterocycles. The molecule has 162 valence electrons. The summed E-state index contributed by atoms with van der Waals surface area (Å²) in [5.74, 6) is 0.366. The zero-order chi connectivity index (χ0) is 22.0. The van der Waals surface area contributed by atoms with E-state index < -0.39 is 0 Å². The van der Waals surface area contributed by atoms with Crippen LogP contribution in [0.5, 0.6) is 0 Å². The second-order valence-electron chi connectivity index (χ2n) is 8.43. The third-order valence-corrected chi connectivity index (χ3v) is 5.73. The highest BCUT2D eigenvalue weighted by atomic mass is 16.2. The zero-order valence-electron chi connectivity index (χ0n) is 18.4. The standard InChI is InChI=1S/C23H29N7O/c1-14-10-15(2)12-16(11-14)26-23-25-9-8-19(28-23)20-13-21(30(3)29-20)22(31)27-18-7-5-4-6-17(18)24/h8-13,17-18H,4-7,24H2,1-3H3,(H,27,31)(H,25,26,28)/p+1/t17-,18+/m1/s1. The Morgan fingerprint density at radius 2 is 1.84 bits per heavy atom. The van der Waals surface area contributed by atoms with Crippen LogP contribution in [0.3, 0.4) is 0 Å². The van der Waals surface area contributed by atoms with Gasteiger partial charge < -0.3 is 16.4 Å². The van der Waals surface area contributed by atoms with Crippen LogP contribution in [0.1, 0.15) is 47.3 Å². The summed E-state index contributed by atoms with van der Waals surface area (Å²) in [6.07, 6.45) is 6.03. The fourth-order valence-electron chi connectivity index (χ4n) is 4.18. The summed E-state index contributed by atoms with van der Waals surface area (Å²) in [6.45, 7) is 4.11. The minimum Gasteiger partial charge on any atom is -0.353 e. The van der Waals surface area contributed by atoms with Gasteiger partial charge in [-0.3, -0.25) is 9.48 Å². The first kappa shape index (κ1) is 21.0. The average Bonchev–Trinajstić information content (AvgIpc) is 3.11. The molecule has 1 fully saturated rings. The van der Waals surface area contributed by atoms with E-state index in [-0.39, 0.29) is 18.0 Å². The van der Waals surface area contributed by atoms with Crippen molar-refractivity contribution >= 4 is 17.5 Å². The molecule has 1 aliphatic carbocycles. The molecule has 0 bridgehead atoms. The van der Waals surface area contributed by atoms with E-state index in [1.165, 1.54) is 17.5 Å². The van der Waals surface area contributed by atoms with Crippen LogP contribution in [-0.4, -0.2) is 37.7 Å². The fourth-order valence-corrected chi connectivity index (χ4v) is 4.18. The normalized spacial score (nSPS) is 18.6. The number of hydrogen-bond acceptors (Lipinski definition) is 5. The smallest absolute Gasteiger partial charge is 0.269 e. The van der Waals surface area contributed by atoms with Gasteiger partial charge in [0, 0.05) is 25.4 Å². The maximum absolute atomic E-state index is 12.9. The van der Waals surface area contributed by atoms with Gasteiger partial charge in [-0.1, -0.05) is 12.5 Å². The van der Waals surface area contributed by atoms with Gasteiger partial charge in [-0.05, 0) is 62.1 Å². The van der Waals surface area contributed by atoms with Gasteiger partial charge in [-0.25, -0.2) is 9.97 Å². The molecule has 0 saturated heterocycles. The molecule has 3 aromatic rings. The molecular formula is C23H30N7O+. The Bertz CT molecular complexity index is 1070. The number of anilines is 2. The molecule has 31 heavy (non-hydrogen) atoms. The van der Waals surface area contributed by atoms with Crippen LogP contribution < -0.4 is 16.4 Å². The topological polar surface area (TPSA) is 112 Å². The largest absolute Gasteiger partial charge is 0.353 e. The van der Waals surface area contributed by atoms with Crippen LogP contribution in [0.15, 0.2) is 36.5 Å². The summed E-state index contributed by atoms with van der Waals surface area (Å²) in [4.78, 5) is 21.8. The molecule has 5 N–H and O–H groups in total. The summed E-state index contributed by atoms with van der Waals surface area (Å²) in [5, 5.41) is 10.9. The van der Waals surface area contributed by atoms with Crippen molar-refractivity contribution in [2.24, 2.45) is 7.05 Å². The lowest BCUT2D eigenvalue weighted by molar-refractivity contribution is -0.430. The first-order valence-corrected chi connectivity index (χ1v) is 10.8. The van der Waals surface area contributed by atoms with Crippen LogP contribution in [0.25, 0.3) is 11.4 Å². The summed E-state index contributed by atoms with van der Waals surface area (Å²) >= 11 is 0. The first-order chi connectivity index (χ1) is 14.9. The van der Waals surface area contributed by atoms with Crippen molar-refractivity contribution in [2.45, 2.75) is 51.6 Å². The third-order valence-electron chi connectivity index (χ3n) is 5.73. The molecule has 1 saturated carbocycles. The highest BCUT2D eigenvalue weighted by Crippen LogP contribution is 2.22. The van der Waals surface area contributed by atoms with Gasteiger partial charge in [-0.15, -0.1) is 0 Å². The van der Waals surface area contributed by atoms with Gasteiger partial charge in [0.2, 0.25) is 5.95 Å². The molecule has 2 heterocycles. The van der Waals surface area contributed by atoms with E-state index in [1.807, 2.05) is 12.1 Å². The number of rotatable bonds is 5. The number of carbonyl (C=O) groups excluding carboxylic acids is 1. The molecule has 2 aromatic heterocycles.